The third-order valence-electron chi connectivity index (χ3n) is 3.89. The van der Waals surface area contributed by atoms with Crippen LogP contribution in [0, 0.1) is 6.92 Å². The zero-order valence-corrected chi connectivity index (χ0v) is 15.4. The Kier molecular flexibility index (Phi) is 4.48. The molecule has 0 bridgehead atoms. The van der Waals surface area contributed by atoms with E-state index in [9.17, 15) is 4.79 Å². The molecular formula is C18H14ClN5OS. The molecule has 0 fully saturated rings. The normalized spacial score (nSPS) is 11.2. The average molecular weight is 384 g/mol. The Morgan fingerprint density at radius 3 is 2.92 bits per heavy atom. The van der Waals surface area contributed by atoms with Gasteiger partial charge in [-0.15, -0.1) is 10.2 Å². The molecule has 0 amide bonds. The van der Waals surface area contributed by atoms with E-state index in [0.29, 0.717) is 27.3 Å². The monoisotopic (exact) mass is 383 g/mol. The fourth-order valence-corrected chi connectivity index (χ4v) is 3.65. The zero-order valence-electron chi connectivity index (χ0n) is 13.8. The highest BCUT2D eigenvalue weighted by atomic mass is 35.5. The predicted molar refractivity (Wildman–Crippen MR) is 102 cm³/mol. The van der Waals surface area contributed by atoms with Crippen molar-refractivity contribution in [1.82, 2.24) is 24.1 Å². The lowest BCUT2D eigenvalue weighted by Crippen LogP contribution is -2.15. The van der Waals surface area contributed by atoms with Crippen molar-refractivity contribution in [3.63, 3.8) is 0 Å². The number of benzene rings is 1. The van der Waals surface area contributed by atoms with Gasteiger partial charge in [0.1, 0.15) is 12.0 Å². The minimum absolute atomic E-state index is 0.0920. The zero-order chi connectivity index (χ0) is 18.1. The first-order chi connectivity index (χ1) is 12.6. The van der Waals surface area contributed by atoms with Gasteiger partial charge in [0.15, 0.2) is 5.16 Å². The lowest BCUT2D eigenvalue weighted by molar-refractivity contribution is 0.882. The van der Waals surface area contributed by atoms with E-state index >= 15 is 0 Å². The second kappa shape index (κ2) is 6.93. The summed E-state index contributed by atoms with van der Waals surface area (Å²) in [6.45, 7) is 1.94. The largest absolute Gasteiger partial charge is 0.277 e. The van der Waals surface area contributed by atoms with E-state index in [1.54, 1.807) is 23.0 Å². The van der Waals surface area contributed by atoms with E-state index in [-0.39, 0.29) is 5.56 Å². The molecule has 4 rings (SSSR count). The summed E-state index contributed by atoms with van der Waals surface area (Å²) in [7, 11) is 0. The van der Waals surface area contributed by atoms with Crippen LogP contribution in [0.1, 0.15) is 11.3 Å². The molecule has 0 saturated heterocycles. The summed E-state index contributed by atoms with van der Waals surface area (Å²) in [5.74, 6) is 0.513. The Morgan fingerprint density at radius 2 is 2.08 bits per heavy atom. The van der Waals surface area contributed by atoms with E-state index in [1.807, 2.05) is 47.9 Å². The van der Waals surface area contributed by atoms with Crippen LogP contribution in [0.4, 0.5) is 0 Å². The summed E-state index contributed by atoms with van der Waals surface area (Å²) in [6.07, 6.45) is 3.37. The van der Waals surface area contributed by atoms with E-state index < -0.39 is 0 Å². The molecule has 0 atom stereocenters. The van der Waals surface area contributed by atoms with Crippen LogP contribution in [0.5, 0.6) is 0 Å². The van der Waals surface area contributed by atoms with Crippen molar-refractivity contribution >= 4 is 29.0 Å². The van der Waals surface area contributed by atoms with Crippen molar-refractivity contribution in [2.45, 2.75) is 17.8 Å². The molecule has 4 aromatic rings. The minimum Gasteiger partial charge on any atom is -0.277 e. The summed E-state index contributed by atoms with van der Waals surface area (Å²) in [4.78, 5) is 16.9. The molecule has 1 aromatic carbocycles. The highest BCUT2D eigenvalue weighted by Crippen LogP contribution is 2.24. The lowest BCUT2D eigenvalue weighted by Gasteiger charge is -2.08. The highest BCUT2D eigenvalue weighted by molar-refractivity contribution is 7.98. The number of pyridine rings is 1. The molecule has 0 aliphatic rings. The van der Waals surface area contributed by atoms with E-state index in [1.165, 1.54) is 11.8 Å². The second-order valence-electron chi connectivity index (χ2n) is 5.72. The molecule has 0 aliphatic heterocycles. The quantitative estimate of drug-likeness (QED) is 0.504. The molecule has 130 valence electrons. The van der Waals surface area contributed by atoms with Crippen molar-refractivity contribution in [2.24, 2.45) is 0 Å². The first-order valence-corrected chi connectivity index (χ1v) is 9.25. The van der Waals surface area contributed by atoms with Crippen molar-refractivity contribution in [2.75, 3.05) is 0 Å². The Morgan fingerprint density at radius 1 is 1.19 bits per heavy atom. The number of hydrogen-bond acceptors (Lipinski definition) is 5. The molecular weight excluding hydrogens is 370 g/mol. The van der Waals surface area contributed by atoms with Crippen molar-refractivity contribution in [3.8, 4) is 5.69 Å². The summed E-state index contributed by atoms with van der Waals surface area (Å²) in [5, 5.41) is 9.50. The lowest BCUT2D eigenvalue weighted by atomic mass is 10.3. The van der Waals surface area contributed by atoms with Crippen molar-refractivity contribution < 1.29 is 0 Å². The molecule has 8 heteroatoms. The molecule has 0 spiro atoms. The molecule has 6 nitrogen and oxygen atoms in total. The first-order valence-electron chi connectivity index (χ1n) is 7.88. The standard InChI is InChI=1S/C18H14ClN5OS/c1-12-4-3-7-23-16(25)9-14(21-17(12)23)10-26-18-22-20-11-24(18)15-6-2-5-13(19)8-15/h2-9,11H,10H2,1H3. The Balaban J connectivity index is 1.63. The summed E-state index contributed by atoms with van der Waals surface area (Å²) >= 11 is 7.53. The second-order valence-corrected chi connectivity index (χ2v) is 7.10. The third-order valence-corrected chi connectivity index (χ3v) is 5.10. The minimum atomic E-state index is -0.0920. The number of fused-ring (bicyclic) bond motifs is 1. The number of halogens is 1. The van der Waals surface area contributed by atoms with Gasteiger partial charge in [-0.3, -0.25) is 13.8 Å². The van der Waals surface area contributed by atoms with Crippen LogP contribution in [0.2, 0.25) is 5.02 Å². The van der Waals surface area contributed by atoms with Crippen LogP contribution in [-0.2, 0) is 5.75 Å². The van der Waals surface area contributed by atoms with E-state index in [0.717, 1.165) is 11.3 Å². The number of rotatable bonds is 4. The third kappa shape index (κ3) is 3.23. The molecule has 0 N–H and O–H groups in total. The number of nitrogens with zero attached hydrogens (tertiary/aromatic N) is 5. The maximum absolute atomic E-state index is 12.3. The van der Waals surface area contributed by atoms with Gasteiger partial charge >= 0.3 is 0 Å². The van der Waals surface area contributed by atoms with Crippen LogP contribution in [-0.4, -0.2) is 24.1 Å². The van der Waals surface area contributed by atoms with Crippen molar-refractivity contribution in [1.29, 1.82) is 0 Å². The van der Waals surface area contributed by atoms with Gasteiger partial charge in [0.05, 0.1) is 11.4 Å². The van der Waals surface area contributed by atoms with Gasteiger partial charge in [-0.1, -0.05) is 35.5 Å². The first kappa shape index (κ1) is 16.8. The van der Waals surface area contributed by atoms with Gasteiger partial charge in [-0.25, -0.2) is 4.98 Å². The average Bonchev–Trinajstić information content (AvgIpc) is 3.09. The van der Waals surface area contributed by atoms with Crippen LogP contribution < -0.4 is 5.56 Å². The number of hydrogen-bond donors (Lipinski definition) is 0. The Labute approximate surface area is 158 Å². The Hall–Kier alpha value is -2.64. The van der Waals surface area contributed by atoms with Crippen LogP contribution in [0.15, 0.2) is 64.9 Å². The molecule has 0 unspecified atom stereocenters. The van der Waals surface area contributed by atoms with Gasteiger partial charge in [-0.2, -0.15) is 0 Å². The van der Waals surface area contributed by atoms with Gasteiger partial charge in [0.25, 0.3) is 5.56 Å². The molecule has 3 heterocycles. The number of aromatic nitrogens is 5. The number of aryl methyl sites for hydroxylation is 1. The maximum atomic E-state index is 12.3. The van der Waals surface area contributed by atoms with Crippen LogP contribution >= 0.6 is 23.4 Å². The van der Waals surface area contributed by atoms with Gasteiger partial charge < -0.3 is 0 Å². The number of thioether (sulfide) groups is 1. The highest BCUT2D eigenvalue weighted by Gasteiger charge is 2.10. The van der Waals surface area contributed by atoms with Gasteiger partial charge in [-0.05, 0) is 36.8 Å². The van der Waals surface area contributed by atoms with Crippen molar-refractivity contribution in [3.05, 3.63) is 81.6 Å². The van der Waals surface area contributed by atoms with Gasteiger partial charge in [0.2, 0.25) is 0 Å². The summed E-state index contributed by atoms with van der Waals surface area (Å²) in [6, 6.07) is 12.8. The molecule has 26 heavy (non-hydrogen) atoms. The predicted octanol–water partition coefficient (Wildman–Crippen LogP) is 3.53. The Bertz CT molecular complexity index is 1150. The smallest absolute Gasteiger partial charge is 0.258 e. The summed E-state index contributed by atoms with van der Waals surface area (Å²) in [5.41, 5.74) is 3.12. The van der Waals surface area contributed by atoms with Crippen LogP contribution in [0.3, 0.4) is 0 Å². The topological polar surface area (TPSA) is 65.1 Å². The SMILES string of the molecule is Cc1cccn2c(=O)cc(CSc3nncn3-c3cccc(Cl)c3)nc12. The van der Waals surface area contributed by atoms with E-state index in [2.05, 4.69) is 15.2 Å². The molecule has 0 radical (unpaired) electrons. The fourth-order valence-electron chi connectivity index (χ4n) is 2.65. The fraction of sp³-hybridized carbons (Fsp3) is 0.111. The molecule has 3 aromatic heterocycles. The molecule has 0 saturated carbocycles. The summed E-state index contributed by atoms with van der Waals surface area (Å²) < 4.78 is 3.41. The van der Waals surface area contributed by atoms with E-state index in [4.69, 9.17) is 11.6 Å². The molecule has 0 aliphatic carbocycles. The van der Waals surface area contributed by atoms with Crippen LogP contribution in [0.25, 0.3) is 11.3 Å². The maximum Gasteiger partial charge on any atom is 0.258 e. The van der Waals surface area contributed by atoms with Gasteiger partial charge in [0, 0.05) is 23.0 Å².